The Bertz CT molecular complexity index is 411. The fourth-order valence-corrected chi connectivity index (χ4v) is 1.64. The van der Waals surface area contributed by atoms with Crippen LogP contribution in [0.25, 0.3) is 0 Å². The van der Waals surface area contributed by atoms with Crippen molar-refractivity contribution in [2.75, 3.05) is 32.2 Å². The maximum absolute atomic E-state index is 8.63. The second-order valence-corrected chi connectivity index (χ2v) is 3.77. The molecule has 0 aromatic carbocycles. The van der Waals surface area contributed by atoms with Gasteiger partial charge in [-0.15, -0.1) is 0 Å². The number of pyridine rings is 1. The van der Waals surface area contributed by atoms with Gasteiger partial charge in [-0.25, -0.2) is 4.98 Å². The number of ether oxygens (including phenoxy) is 1. The van der Waals surface area contributed by atoms with E-state index in [0.717, 1.165) is 0 Å². The summed E-state index contributed by atoms with van der Waals surface area (Å²) < 4.78 is 4.97. The molecule has 1 aromatic heterocycles. The molecule has 0 spiro atoms. The lowest BCUT2D eigenvalue weighted by atomic mass is 10.2. The summed E-state index contributed by atoms with van der Waals surface area (Å²) in [4.78, 5) is 5.99. The number of amidine groups is 1. The van der Waals surface area contributed by atoms with Crippen molar-refractivity contribution < 1.29 is 9.94 Å². The van der Waals surface area contributed by atoms with Gasteiger partial charge < -0.3 is 20.6 Å². The van der Waals surface area contributed by atoms with Crippen LogP contribution in [-0.4, -0.2) is 43.3 Å². The lowest BCUT2D eigenvalue weighted by Gasteiger charge is -2.19. The van der Waals surface area contributed by atoms with Crippen molar-refractivity contribution >= 4 is 23.3 Å². The highest BCUT2D eigenvalue weighted by molar-refractivity contribution is 6.36. The molecule has 3 N–H and O–H groups in total. The molecule has 0 aliphatic carbocycles. The summed E-state index contributed by atoms with van der Waals surface area (Å²) in [7, 11) is 3.46. The molecule has 94 valence electrons. The van der Waals surface area contributed by atoms with E-state index in [1.165, 1.54) is 0 Å². The first-order valence-electron chi connectivity index (χ1n) is 4.94. The number of rotatable bonds is 5. The molecule has 17 heavy (non-hydrogen) atoms. The Morgan fingerprint density at radius 1 is 1.71 bits per heavy atom. The Labute approximate surface area is 105 Å². The zero-order chi connectivity index (χ0) is 12.8. The van der Waals surface area contributed by atoms with Gasteiger partial charge in [-0.3, -0.25) is 0 Å². The number of hydrogen-bond acceptors (Lipinski definition) is 5. The molecule has 1 aromatic rings. The summed E-state index contributed by atoms with van der Waals surface area (Å²) in [6.45, 7) is 1.20. The molecule has 0 radical (unpaired) electrons. The fraction of sp³-hybridized carbons (Fsp3) is 0.400. The number of oxime groups is 1. The molecule has 0 aliphatic rings. The van der Waals surface area contributed by atoms with Gasteiger partial charge in [-0.2, -0.15) is 0 Å². The first-order chi connectivity index (χ1) is 8.11. The van der Waals surface area contributed by atoms with E-state index in [4.69, 9.17) is 27.3 Å². The number of halogens is 1. The van der Waals surface area contributed by atoms with Crippen LogP contribution in [0.5, 0.6) is 0 Å². The maximum atomic E-state index is 8.63. The minimum atomic E-state index is -0.0428. The van der Waals surface area contributed by atoms with Crippen LogP contribution in [0.3, 0.4) is 0 Å². The SMILES string of the molecule is COCCN(C)c1nccc(/C(N)=N/O)c1Cl. The summed E-state index contributed by atoms with van der Waals surface area (Å²) in [5.41, 5.74) is 5.96. The minimum Gasteiger partial charge on any atom is -0.409 e. The van der Waals surface area contributed by atoms with Crippen molar-refractivity contribution in [1.82, 2.24) is 4.98 Å². The Morgan fingerprint density at radius 2 is 2.41 bits per heavy atom. The minimum absolute atomic E-state index is 0.0428. The second-order valence-electron chi connectivity index (χ2n) is 3.40. The van der Waals surface area contributed by atoms with Crippen LogP contribution in [0.2, 0.25) is 5.02 Å². The van der Waals surface area contributed by atoms with Gasteiger partial charge in [0.1, 0.15) is 5.82 Å². The van der Waals surface area contributed by atoms with Crippen molar-refractivity contribution in [3.8, 4) is 0 Å². The number of likely N-dealkylation sites (N-methyl/N-ethyl adjacent to an activating group) is 1. The van der Waals surface area contributed by atoms with Crippen LogP contribution in [0.1, 0.15) is 5.56 Å². The van der Waals surface area contributed by atoms with Gasteiger partial charge in [0, 0.05) is 32.5 Å². The zero-order valence-corrected chi connectivity index (χ0v) is 10.5. The molecule has 1 heterocycles. The van der Waals surface area contributed by atoms with Gasteiger partial charge in [0.15, 0.2) is 5.84 Å². The molecule has 0 aliphatic heterocycles. The van der Waals surface area contributed by atoms with Gasteiger partial charge in [0.25, 0.3) is 0 Å². The molecule has 0 amide bonds. The number of nitrogens with two attached hydrogens (primary N) is 1. The maximum Gasteiger partial charge on any atom is 0.171 e. The van der Waals surface area contributed by atoms with Gasteiger partial charge in [0.2, 0.25) is 0 Å². The average molecular weight is 259 g/mol. The highest BCUT2D eigenvalue weighted by Gasteiger charge is 2.13. The predicted molar refractivity (Wildman–Crippen MR) is 66.9 cm³/mol. The smallest absolute Gasteiger partial charge is 0.171 e. The molecule has 0 fully saturated rings. The summed E-state index contributed by atoms with van der Waals surface area (Å²) in [6, 6.07) is 1.59. The molecule has 1 rings (SSSR count). The Kier molecular flexibility index (Phi) is 4.99. The lowest BCUT2D eigenvalue weighted by Crippen LogP contribution is -2.24. The van der Waals surface area contributed by atoms with Crippen molar-refractivity contribution in [2.24, 2.45) is 10.9 Å². The number of aromatic nitrogens is 1. The Hall–Kier alpha value is -1.53. The van der Waals surface area contributed by atoms with Crippen molar-refractivity contribution in [1.29, 1.82) is 0 Å². The van der Waals surface area contributed by atoms with Gasteiger partial charge in [-0.1, -0.05) is 16.8 Å². The van der Waals surface area contributed by atoms with E-state index in [2.05, 4.69) is 10.1 Å². The number of anilines is 1. The molecular weight excluding hydrogens is 244 g/mol. The molecular formula is C10H15ClN4O2. The van der Waals surface area contributed by atoms with Crippen LogP contribution in [-0.2, 0) is 4.74 Å². The molecule has 7 heteroatoms. The highest BCUT2D eigenvalue weighted by atomic mass is 35.5. The van der Waals surface area contributed by atoms with E-state index < -0.39 is 0 Å². The normalized spacial score (nSPS) is 11.6. The first-order valence-corrected chi connectivity index (χ1v) is 5.32. The van der Waals surface area contributed by atoms with Crippen LogP contribution >= 0.6 is 11.6 Å². The van der Waals surface area contributed by atoms with Crippen molar-refractivity contribution in [2.45, 2.75) is 0 Å². The van der Waals surface area contributed by atoms with Crippen LogP contribution in [0.4, 0.5) is 5.82 Å². The van der Waals surface area contributed by atoms with E-state index in [-0.39, 0.29) is 5.84 Å². The van der Waals surface area contributed by atoms with Gasteiger partial charge >= 0.3 is 0 Å². The van der Waals surface area contributed by atoms with E-state index in [9.17, 15) is 0 Å². The number of hydrogen-bond donors (Lipinski definition) is 2. The number of nitrogens with zero attached hydrogens (tertiary/aromatic N) is 3. The Morgan fingerprint density at radius 3 is 3.00 bits per heavy atom. The average Bonchev–Trinajstić information content (AvgIpc) is 2.35. The molecule has 0 saturated heterocycles. The number of methoxy groups -OCH3 is 1. The first kappa shape index (κ1) is 13.5. The van der Waals surface area contributed by atoms with E-state index in [0.29, 0.717) is 29.6 Å². The van der Waals surface area contributed by atoms with Crippen LogP contribution in [0, 0.1) is 0 Å². The lowest BCUT2D eigenvalue weighted by molar-refractivity contribution is 0.206. The quantitative estimate of drug-likeness (QED) is 0.355. The molecule has 6 nitrogen and oxygen atoms in total. The topological polar surface area (TPSA) is 84.0 Å². The second kappa shape index (κ2) is 6.27. The highest BCUT2D eigenvalue weighted by Crippen LogP contribution is 2.25. The summed E-state index contributed by atoms with van der Waals surface area (Å²) in [6.07, 6.45) is 1.55. The summed E-state index contributed by atoms with van der Waals surface area (Å²) in [5.74, 6) is 0.520. The van der Waals surface area contributed by atoms with Crippen LogP contribution in [0.15, 0.2) is 17.4 Å². The van der Waals surface area contributed by atoms with E-state index >= 15 is 0 Å². The summed E-state index contributed by atoms with van der Waals surface area (Å²) in [5, 5.41) is 11.9. The fourth-order valence-electron chi connectivity index (χ4n) is 1.28. The van der Waals surface area contributed by atoms with E-state index in [1.54, 1.807) is 19.4 Å². The monoisotopic (exact) mass is 258 g/mol. The summed E-state index contributed by atoms with van der Waals surface area (Å²) >= 11 is 6.14. The third-order valence-electron chi connectivity index (χ3n) is 2.25. The van der Waals surface area contributed by atoms with Crippen molar-refractivity contribution in [3.05, 3.63) is 22.8 Å². The van der Waals surface area contributed by atoms with Crippen LogP contribution < -0.4 is 10.6 Å². The zero-order valence-electron chi connectivity index (χ0n) is 9.72. The third kappa shape index (κ3) is 3.21. The molecule has 0 saturated carbocycles. The van der Waals surface area contributed by atoms with Crippen molar-refractivity contribution in [3.63, 3.8) is 0 Å². The molecule has 0 atom stereocenters. The predicted octanol–water partition coefficient (Wildman–Crippen LogP) is 0.912. The van der Waals surface area contributed by atoms with Gasteiger partial charge in [-0.05, 0) is 6.07 Å². The molecule has 0 bridgehead atoms. The molecule has 0 unspecified atom stereocenters. The standard InChI is InChI=1S/C10H15ClN4O2/c1-15(5-6-17-2)10-8(11)7(3-4-13-10)9(12)14-16/h3-4,16H,5-6H2,1-2H3,(H2,12,14). The van der Waals surface area contributed by atoms with E-state index in [1.807, 2.05) is 11.9 Å². The third-order valence-corrected chi connectivity index (χ3v) is 2.62. The Balaban J connectivity index is 3.01. The largest absolute Gasteiger partial charge is 0.409 e. The van der Waals surface area contributed by atoms with Gasteiger partial charge in [0.05, 0.1) is 11.6 Å².